The van der Waals surface area contributed by atoms with E-state index in [-0.39, 0.29) is 23.1 Å². The van der Waals surface area contributed by atoms with Gasteiger partial charge in [-0.05, 0) is 83.1 Å². The van der Waals surface area contributed by atoms with Gasteiger partial charge in [0.15, 0.2) is 5.78 Å². The number of methoxy groups -OCH3 is 2. The first-order valence-electron chi connectivity index (χ1n) is 13.2. The monoisotopic (exact) mass is 610 g/mol. The lowest BCUT2D eigenvalue weighted by molar-refractivity contribution is -0.149. The van der Waals surface area contributed by atoms with Gasteiger partial charge in [0.1, 0.15) is 0 Å². The molecule has 5 nitrogen and oxygen atoms in total. The molecule has 2 heterocycles. The quantitative estimate of drug-likeness (QED) is 0.243. The second kappa shape index (κ2) is 13.0. The topological polar surface area (TPSA) is 69.7 Å². The minimum absolute atomic E-state index is 0.0350. The maximum atomic E-state index is 12.3. The van der Waals surface area contributed by atoms with Gasteiger partial charge in [0.25, 0.3) is 0 Å². The average Bonchev–Trinajstić information content (AvgIpc) is 3.57. The molecule has 0 N–H and O–H groups in total. The first-order valence-corrected chi connectivity index (χ1v) is 15.7. The fourth-order valence-corrected chi connectivity index (χ4v) is 8.59. The Bertz CT molecular complexity index is 1090. The van der Waals surface area contributed by atoms with Crippen LogP contribution in [-0.4, -0.2) is 31.9 Å². The molecule has 2 fully saturated rings. The third kappa shape index (κ3) is 6.39. The van der Waals surface area contributed by atoms with Gasteiger partial charge in [-0.3, -0.25) is 14.4 Å². The summed E-state index contributed by atoms with van der Waals surface area (Å²) >= 11 is 6.68. The van der Waals surface area contributed by atoms with Crippen molar-refractivity contribution in [2.45, 2.75) is 102 Å². The van der Waals surface area contributed by atoms with E-state index in [1.807, 2.05) is 6.07 Å². The number of hydrogen-bond donors (Lipinski definition) is 0. The zero-order valence-electron chi connectivity index (χ0n) is 22.6. The molecule has 204 valence electrons. The highest BCUT2D eigenvalue weighted by Gasteiger charge is 2.45. The lowest BCUT2D eigenvalue weighted by atomic mass is 9.70. The summed E-state index contributed by atoms with van der Waals surface area (Å²) in [6.45, 7) is 5.94. The number of carbonyl (C=O) groups is 3. The maximum Gasteiger partial charge on any atom is 0.316 e. The molecule has 2 aliphatic rings. The van der Waals surface area contributed by atoms with E-state index in [4.69, 9.17) is 9.47 Å². The van der Waals surface area contributed by atoms with Crippen molar-refractivity contribution in [2.75, 3.05) is 14.2 Å². The molecule has 0 amide bonds. The van der Waals surface area contributed by atoms with Crippen LogP contribution in [0.15, 0.2) is 21.3 Å². The number of thiophene rings is 2. The molecule has 0 aliphatic heterocycles. The first-order chi connectivity index (χ1) is 17.6. The number of esters is 2. The lowest BCUT2D eigenvalue weighted by Gasteiger charge is -2.34. The molecule has 2 aromatic heterocycles. The summed E-state index contributed by atoms with van der Waals surface area (Å²) in [6.07, 6.45) is 10.2. The molecule has 2 aliphatic carbocycles. The lowest BCUT2D eigenvalue weighted by Crippen LogP contribution is -2.38. The Morgan fingerprint density at radius 3 is 1.81 bits per heavy atom. The summed E-state index contributed by atoms with van der Waals surface area (Å²) in [4.78, 5) is 38.1. The Morgan fingerprint density at radius 2 is 1.38 bits per heavy atom. The number of carbonyl (C=O) groups excluding carboxylic acids is 3. The minimum atomic E-state index is -0.573. The van der Waals surface area contributed by atoms with Crippen LogP contribution in [0.25, 0.3) is 0 Å². The van der Waals surface area contributed by atoms with E-state index in [1.165, 1.54) is 42.4 Å². The van der Waals surface area contributed by atoms with E-state index in [2.05, 4.69) is 41.2 Å². The van der Waals surface area contributed by atoms with Crippen LogP contribution in [0.1, 0.15) is 117 Å². The SMILES string of the molecule is COC(=O)C1(c2cc(C(C)=O)sc2Br)CCCCC1.COC(=O)C1(c2csc(C(C)C)c2)CCCCC1. The van der Waals surface area contributed by atoms with Gasteiger partial charge in [0.05, 0.1) is 33.7 Å². The molecule has 0 saturated heterocycles. The molecule has 0 radical (unpaired) electrons. The number of Topliss-reactive ketones (excluding diaryl/α,β-unsaturated/α-hetero) is 1. The molecule has 0 atom stereocenters. The Balaban J connectivity index is 0.000000206. The number of ketones is 1. The van der Waals surface area contributed by atoms with Crippen LogP contribution in [-0.2, 0) is 29.9 Å². The summed E-state index contributed by atoms with van der Waals surface area (Å²) in [6, 6.07) is 4.08. The summed E-state index contributed by atoms with van der Waals surface area (Å²) in [7, 11) is 2.94. The molecule has 8 heteroatoms. The number of halogens is 1. The zero-order valence-corrected chi connectivity index (χ0v) is 25.8. The van der Waals surface area contributed by atoms with Crippen molar-refractivity contribution in [2.24, 2.45) is 0 Å². The van der Waals surface area contributed by atoms with Gasteiger partial charge in [-0.2, -0.15) is 0 Å². The number of rotatable bonds is 6. The summed E-state index contributed by atoms with van der Waals surface area (Å²) in [5.74, 6) is 0.339. The molecule has 37 heavy (non-hydrogen) atoms. The van der Waals surface area contributed by atoms with E-state index < -0.39 is 5.41 Å². The van der Waals surface area contributed by atoms with Gasteiger partial charge in [0.2, 0.25) is 0 Å². The van der Waals surface area contributed by atoms with Crippen molar-refractivity contribution < 1.29 is 23.9 Å². The second-order valence-electron chi connectivity index (χ2n) is 10.5. The molecule has 2 saturated carbocycles. The van der Waals surface area contributed by atoms with Crippen LogP contribution in [0.3, 0.4) is 0 Å². The Hall–Kier alpha value is -1.51. The van der Waals surface area contributed by atoms with Crippen molar-refractivity contribution in [3.63, 3.8) is 0 Å². The molecule has 0 unspecified atom stereocenters. The van der Waals surface area contributed by atoms with Crippen LogP contribution in [0.5, 0.6) is 0 Å². The molecule has 0 spiro atoms. The van der Waals surface area contributed by atoms with E-state index in [1.54, 1.807) is 18.3 Å². The van der Waals surface area contributed by atoms with Gasteiger partial charge in [-0.15, -0.1) is 22.7 Å². The standard InChI is InChI=1S/C15H22O2S.C14H17BrO3S/c1-11(2)13-9-12(10-18-13)15(14(16)17-3)7-5-4-6-8-15;1-9(16)11-8-10(12(15)19-11)14(13(17)18-2)6-4-3-5-7-14/h9-11H,4-8H2,1-3H3;8H,3-7H2,1-2H3. The minimum Gasteiger partial charge on any atom is -0.468 e. The van der Waals surface area contributed by atoms with Crippen LogP contribution in [0.4, 0.5) is 0 Å². The van der Waals surface area contributed by atoms with E-state index in [0.29, 0.717) is 10.8 Å². The fraction of sp³-hybridized carbons (Fsp3) is 0.621. The van der Waals surface area contributed by atoms with Crippen LogP contribution in [0, 0.1) is 0 Å². The predicted octanol–water partition coefficient (Wildman–Crippen LogP) is 8.33. The zero-order chi connectivity index (χ0) is 27.2. The highest BCUT2D eigenvalue weighted by Crippen LogP contribution is 2.46. The predicted molar refractivity (Wildman–Crippen MR) is 154 cm³/mol. The third-order valence-corrected chi connectivity index (χ3v) is 11.0. The number of ether oxygens (including phenoxy) is 2. The Morgan fingerprint density at radius 1 is 0.865 bits per heavy atom. The molecule has 4 rings (SSSR count). The third-order valence-electron chi connectivity index (χ3n) is 7.86. The van der Waals surface area contributed by atoms with Crippen molar-refractivity contribution in [3.05, 3.63) is 42.2 Å². The van der Waals surface area contributed by atoms with Crippen LogP contribution < -0.4 is 0 Å². The van der Waals surface area contributed by atoms with Crippen molar-refractivity contribution in [1.82, 2.24) is 0 Å². The Labute approximate surface area is 237 Å². The summed E-state index contributed by atoms with van der Waals surface area (Å²) in [5.41, 5.74) is 1.17. The smallest absolute Gasteiger partial charge is 0.316 e. The van der Waals surface area contributed by atoms with Crippen molar-refractivity contribution in [3.8, 4) is 0 Å². The highest BCUT2D eigenvalue weighted by atomic mass is 79.9. The molecule has 0 bridgehead atoms. The van der Waals surface area contributed by atoms with E-state index in [0.717, 1.165) is 67.1 Å². The first kappa shape index (κ1) is 30.0. The summed E-state index contributed by atoms with van der Waals surface area (Å²) in [5, 5.41) is 2.16. The molecule has 0 aromatic carbocycles. The highest BCUT2D eigenvalue weighted by molar-refractivity contribution is 9.11. The fourth-order valence-electron chi connectivity index (χ4n) is 5.67. The number of hydrogen-bond acceptors (Lipinski definition) is 7. The van der Waals surface area contributed by atoms with Crippen LogP contribution in [0.2, 0.25) is 0 Å². The maximum absolute atomic E-state index is 12.3. The second-order valence-corrected chi connectivity index (χ2v) is 13.8. The van der Waals surface area contributed by atoms with Crippen molar-refractivity contribution in [1.29, 1.82) is 0 Å². The van der Waals surface area contributed by atoms with Gasteiger partial charge in [0, 0.05) is 4.88 Å². The molecular weight excluding hydrogens is 572 g/mol. The largest absolute Gasteiger partial charge is 0.468 e. The van der Waals surface area contributed by atoms with Crippen LogP contribution >= 0.6 is 38.6 Å². The van der Waals surface area contributed by atoms with E-state index >= 15 is 0 Å². The average molecular weight is 612 g/mol. The van der Waals surface area contributed by atoms with Gasteiger partial charge >= 0.3 is 11.9 Å². The molecular formula is C29H39BrO5S2. The molecule has 2 aromatic rings. The van der Waals surface area contributed by atoms with E-state index in [9.17, 15) is 14.4 Å². The normalized spacial score (nSPS) is 18.5. The summed E-state index contributed by atoms with van der Waals surface area (Å²) < 4.78 is 11.0. The Kier molecular flexibility index (Phi) is 10.6. The van der Waals surface area contributed by atoms with Gasteiger partial charge in [-0.1, -0.05) is 52.4 Å². The van der Waals surface area contributed by atoms with Gasteiger partial charge < -0.3 is 9.47 Å². The van der Waals surface area contributed by atoms with Gasteiger partial charge in [-0.25, -0.2) is 0 Å². The van der Waals surface area contributed by atoms with Crippen molar-refractivity contribution >= 4 is 56.3 Å².